The van der Waals surface area contributed by atoms with E-state index in [-0.39, 0.29) is 16.4 Å². The van der Waals surface area contributed by atoms with Gasteiger partial charge in [0.15, 0.2) is 0 Å². The van der Waals surface area contributed by atoms with Crippen LogP contribution in [-0.2, 0) is 13.0 Å². The molecule has 17 heteroatoms. The summed E-state index contributed by atoms with van der Waals surface area (Å²) >= 11 is 8.40. The Kier molecular flexibility index (Phi) is 146. The molecule has 0 atom stereocenters. The molecule has 0 radical (unpaired) electrons. The van der Waals surface area contributed by atoms with Gasteiger partial charge in [0.1, 0.15) is 0 Å². The van der Waals surface area contributed by atoms with Gasteiger partial charge in [-0.2, -0.15) is 0 Å². The van der Waals surface area contributed by atoms with Gasteiger partial charge in [0.25, 0.3) is 0 Å². The Labute approximate surface area is 177 Å². The van der Waals surface area contributed by atoms with E-state index >= 15 is 0 Å². The van der Waals surface area contributed by atoms with Crippen LogP contribution in [0.1, 0.15) is 0 Å². The summed E-state index contributed by atoms with van der Waals surface area (Å²) in [5, 5.41) is 0. The number of hydrogen-bond acceptors (Lipinski definition) is 8. The van der Waals surface area contributed by atoms with Crippen LogP contribution in [0.3, 0.4) is 0 Å². The predicted molar refractivity (Wildman–Crippen MR) is 110 cm³/mol. The second-order valence-corrected chi connectivity index (χ2v) is 10.6. The molecule has 0 fully saturated rings. The van der Waals surface area contributed by atoms with Crippen LogP contribution in [-0.4, -0.2) is 68.8 Å². The first kappa shape index (κ1) is 50.4. The SMILES string of the molecule is ClNCCNCl.NCCN.NCCN.NCCN.O.O.O.[Cl][Rh]([Cl])[Cl]. The summed E-state index contributed by atoms with van der Waals surface area (Å²) in [6.45, 7) is 4.95. The summed E-state index contributed by atoms with van der Waals surface area (Å²) in [7, 11) is 14.8. The van der Waals surface area contributed by atoms with Gasteiger partial charge in [-0.25, -0.2) is 9.67 Å². The molecule has 0 unspecified atom stereocenters. The molecule has 20 N–H and O–H groups in total. The van der Waals surface area contributed by atoms with Crippen molar-refractivity contribution in [2.24, 2.45) is 34.4 Å². The van der Waals surface area contributed by atoms with Gasteiger partial charge in [-0.3, -0.25) is 0 Å². The minimum atomic E-state index is -1.66. The molecule has 0 aliphatic carbocycles. The molecule has 11 nitrogen and oxygen atoms in total. The van der Waals surface area contributed by atoms with Crippen molar-refractivity contribution < 1.29 is 29.4 Å². The molecule has 0 bridgehead atoms. The third-order valence-corrected chi connectivity index (χ3v) is 1.19. The van der Waals surface area contributed by atoms with E-state index in [2.05, 4.69) is 9.67 Å². The van der Waals surface area contributed by atoms with E-state index in [1.807, 2.05) is 0 Å². The van der Waals surface area contributed by atoms with Crippen LogP contribution in [0.2, 0.25) is 0 Å². The second-order valence-electron chi connectivity index (χ2n) is 2.64. The number of rotatable bonds is 6. The summed E-state index contributed by atoms with van der Waals surface area (Å²) in [6.07, 6.45) is 0. The molecule has 0 spiro atoms. The Hall–Kier alpha value is 1.63. The van der Waals surface area contributed by atoms with Crippen molar-refractivity contribution in [2.75, 3.05) is 52.4 Å². The molecule has 0 aromatic heterocycles. The zero-order valence-corrected chi connectivity index (χ0v) is 19.3. The normalized spacial score (nSPS) is 7.56. The Morgan fingerprint density at radius 2 is 0.640 bits per heavy atom. The molecule has 0 heterocycles. The van der Waals surface area contributed by atoms with Crippen LogP contribution in [0.4, 0.5) is 0 Å². The van der Waals surface area contributed by atoms with Gasteiger partial charge >= 0.3 is 42.1 Å². The quantitative estimate of drug-likeness (QED) is 0.0908. The third-order valence-electron chi connectivity index (χ3n) is 0.814. The van der Waals surface area contributed by atoms with E-state index < -0.39 is 13.0 Å². The van der Waals surface area contributed by atoms with E-state index in [0.717, 1.165) is 0 Å². The molecule has 25 heavy (non-hydrogen) atoms. The molecule has 170 valence electrons. The zero-order valence-electron chi connectivity index (χ0n) is 13.8. The van der Waals surface area contributed by atoms with Crippen molar-refractivity contribution in [1.29, 1.82) is 0 Å². The molecule has 0 saturated heterocycles. The van der Waals surface area contributed by atoms with Crippen LogP contribution in [0, 0.1) is 0 Å². The first-order chi connectivity index (χ1) is 10.4. The van der Waals surface area contributed by atoms with Crippen LogP contribution in [0.25, 0.3) is 0 Å². The molecule has 0 aliphatic heterocycles. The van der Waals surface area contributed by atoms with Crippen molar-refractivity contribution in [2.45, 2.75) is 0 Å². The van der Waals surface area contributed by atoms with Gasteiger partial charge in [0, 0.05) is 52.4 Å². The van der Waals surface area contributed by atoms with Gasteiger partial charge in [0.2, 0.25) is 0 Å². The summed E-state index contributed by atoms with van der Waals surface area (Å²) in [6, 6.07) is 0. The van der Waals surface area contributed by atoms with Crippen LogP contribution in [0.15, 0.2) is 0 Å². The minimum absolute atomic E-state index is 0. The van der Waals surface area contributed by atoms with Crippen LogP contribution >= 0.6 is 52.6 Å². The second kappa shape index (κ2) is 72.6. The molecule has 0 amide bonds. The Balaban J connectivity index is -0.0000000236. The summed E-state index contributed by atoms with van der Waals surface area (Å²) < 4.78 is 0. The van der Waals surface area contributed by atoms with Crippen LogP contribution in [0.5, 0.6) is 0 Å². The number of nitrogens with one attached hydrogen (secondary N) is 2. The fourth-order valence-corrected chi connectivity index (χ4v) is 0.283. The summed E-state index contributed by atoms with van der Waals surface area (Å²) in [5.41, 5.74) is 29.4. The molecule has 0 aromatic rings. The average molecular weight is 573 g/mol. The van der Waals surface area contributed by atoms with Gasteiger partial charge < -0.3 is 50.8 Å². The van der Waals surface area contributed by atoms with Crippen LogP contribution < -0.4 is 44.1 Å². The first-order valence-corrected chi connectivity index (χ1v) is 13.0. The number of halogens is 5. The molecule has 0 saturated carbocycles. The number of nitrogens with two attached hydrogens (primary N) is 6. The Bertz CT molecular complexity index is 124. The van der Waals surface area contributed by atoms with E-state index in [1.54, 1.807) is 0 Å². The van der Waals surface area contributed by atoms with E-state index in [0.29, 0.717) is 52.4 Å². The average Bonchev–Trinajstić information content (AvgIpc) is 2.53. The fraction of sp³-hybridized carbons (Fsp3) is 1.00. The summed E-state index contributed by atoms with van der Waals surface area (Å²) in [4.78, 5) is 4.79. The Morgan fingerprint density at radius 3 is 0.680 bits per heavy atom. The van der Waals surface area contributed by atoms with Crippen molar-refractivity contribution in [3.05, 3.63) is 0 Å². The van der Waals surface area contributed by atoms with E-state index in [1.165, 1.54) is 0 Å². The maximum atomic E-state index is 5.03. The Morgan fingerprint density at radius 1 is 0.520 bits per heavy atom. The van der Waals surface area contributed by atoms with Crippen molar-refractivity contribution >= 4 is 52.6 Å². The van der Waals surface area contributed by atoms with Gasteiger partial charge in [-0.1, -0.05) is 0 Å². The van der Waals surface area contributed by atoms with Gasteiger partial charge in [0.05, 0.1) is 0 Å². The first-order valence-electron chi connectivity index (χ1n) is 5.91. The van der Waals surface area contributed by atoms with E-state index in [9.17, 15) is 0 Å². The molecule has 0 rings (SSSR count). The predicted octanol–water partition coefficient (Wildman–Crippen LogP) is -3.22. The zero-order chi connectivity index (χ0) is 18.6. The maximum absolute atomic E-state index is 5.03. The molecule has 0 aliphatic rings. The monoisotopic (exact) mass is 570 g/mol. The molecular formula is C8H36Cl5N8O3Rh. The van der Waals surface area contributed by atoms with Crippen molar-refractivity contribution in [1.82, 2.24) is 9.67 Å². The molecular weight excluding hydrogens is 536 g/mol. The topological polar surface area (TPSA) is 275 Å². The van der Waals surface area contributed by atoms with Gasteiger partial charge in [-0.05, 0) is 23.6 Å². The van der Waals surface area contributed by atoms with Crippen molar-refractivity contribution in [3.63, 3.8) is 0 Å². The van der Waals surface area contributed by atoms with Crippen molar-refractivity contribution in [3.8, 4) is 0 Å². The fourth-order valence-electron chi connectivity index (χ4n) is 0.0945. The standard InChI is InChI=1S/C2H6Cl2N2.3C2H8N2.3ClH.3H2O.Rh/c3-5-1-2-6-4;3*3-1-2-4;;;;;;;/h5-6H,1-2H2;3*1-4H2;3*1H;3*1H2;/q;;;;;;;;;;+3/p-3. The van der Waals surface area contributed by atoms with E-state index in [4.69, 9.17) is 87.0 Å². The molecule has 0 aromatic carbocycles. The number of hydrogen-bond donors (Lipinski definition) is 8. The summed E-state index contributed by atoms with van der Waals surface area (Å²) in [5.74, 6) is 0. The third kappa shape index (κ3) is 246. The van der Waals surface area contributed by atoms with Gasteiger partial charge in [-0.15, -0.1) is 0 Å².